The highest BCUT2D eigenvalue weighted by Gasteiger charge is 2.17. The summed E-state index contributed by atoms with van der Waals surface area (Å²) in [5, 5.41) is 8.42. The number of halogens is 2. The number of carbonyl (C=O) groups is 1. The van der Waals surface area contributed by atoms with Gasteiger partial charge in [-0.3, -0.25) is 4.79 Å². The minimum absolute atomic E-state index is 0.206. The number of nitrogens with one attached hydrogen (secondary N) is 1. The van der Waals surface area contributed by atoms with Gasteiger partial charge in [-0.05, 0) is 73.2 Å². The van der Waals surface area contributed by atoms with E-state index in [-0.39, 0.29) is 11.9 Å². The maximum absolute atomic E-state index is 12.8. The molecule has 1 aromatic heterocycles. The van der Waals surface area contributed by atoms with Gasteiger partial charge in [-0.2, -0.15) is 4.98 Å². The van der Waals surface area contributed by atoms with Gasteiger partial charge in [0.2, 0.25) is 0 Å². The molecule has 40 heavy (non-hydrogen) atoms. The first-order chi connectivity index (χ1) is 19.4. The number of amides is 1. The molecule has 1 amide bonds. The van der Waals surface area contributed by atoms with Crippen LogP contribution in [0.1, 0.15) is 21.5 Å². The van der Waals surface area contributed by atoms with Crippen molar-refractivity contribution in [3.05, 3.63) is 118 Å². The molecule has 0 saturated heterocycles. The molecule has 1 heterocycles. The first kappa shape index (κ1) is 27.2. The van der Waals surface area contributed by atoms with Crippen molar-refractivity contribution in [2.24, 2.45) is 0 Å². The Balaban J connectivity index is 1.41. The largest absolute Gasteiger partial charge is 0.497 e. The van der Waals surface area contributed by atoms with Gasteiger partial charge in [0.1, 0.15) is 5.75 Å². The van der Waals surface area contributed by atoms with Crippen LogP contribution in [0.2, 0.25) is 10.0 Å². The number of benzene rings is 4. The Morgan fingerprint density at radius 2 is 1.70 bits per heavy atom. The average molecular weight is 573 g/mol. The van der Waals surface area contributed by atoms with Crippen LogP contribution in [0.5, 0.6) is 11.8 Å². The van der Waals surface area contributed by atoms with Crippen molar-refractivity contribution >= 4 is 34.8 Å². The monoisotopic (exact) mass is 572 g/mol. The van der Waals surface area contributed by atoms with Gasteiger partial charge in [0, 0.05) is 23.2 Å². The highest BCUT2D eigenvalue weighted by Crippen LogP contribution is 2.30. The Bertz CT molecular complexity index is 1630. The van der Waals surface area contributed by atoms with E-state index in [1.54, 1.807) is 36.1 Å². The summed E-state index contributed by atoms with van der Waals surface area (Å²) in [6.07, 6.45) is 0.668. The summed E-state index contributed by atoms with van der Waals surface area (Å²) in [4.78, 5) is 17.5. The second-order valence-corrected chi connectivity index (χ2v) is 9.89. The summed E-state index contributed by atoms with van der Waals surface area (Å²) in [6.45, 7) is 2.36. The lowest BCUT2D eigenvalue weighted by molar-refractivity contribution is 0.102. The van der Waals surface area contributed by atoms with Crippen LogP contribution in [0.3, 0.4) is 0 Å². The summed E-state index contributed by atoms with van der Waals surface area (Å²) in [7, 11) is 1.64. The topological polar surface area (TPSA) is 78.3 Å². The summed E-state index contributed by atoms with van der Waals surface area (Å²) in [6, 6.07) is 28.0. The van der Waals surface area contributed by atoms with Crippen LogP contribution in [0.4, 0.5) is 5.69 Å². The third kappa shape index (κ3) is 6.45. The molecule has 0 aliphatic rings. The third-order valence-corrected chi connectivity index (χ3v) is 6.95. The average Bonchev–Trinajstić information content (AvgIpc) is 3.39. The Kier molecular flexibility index (Phi) is 8.34. The molecular weight excluding hydrogens is 547 g/mol. The maximum atomic E-state index is 12.8. The van der Waals surface area contributed by atoms with Crippen molar-refractivity contribution < 1.29 is 14.3 Å². The van der Waals surface area contributed by atoms with Crippen molar-refractivity contribution in [2.45, 2.75) is 13.3 Å². The van der Waals surface area contributed by atoms with E-state index in [1.807, 2.05) is 73.7 Å². The van der Waals surface area contributed by atoms with Crippen LogP contribution >= 0.6 is 23.2 Å². The molecule has 0 aliphatic heterocycles. The lowest BCUT2D eigenvalue weighted by Gasteiger charge is -2.10. The second-order valence-electron chi connectivity index (χ2n) is 9.08. The standard InChI is InChI=1S/C31H26Cl2N4O3/c1-20-6-10-22(11-7-20)30(38)34-24-4-3-5-25(19-24)37-29(23-12-15-27(32)28(33)18-23)35-31(36-37)40-17-16-21-8-13-26(39-2)14-9-21/h3-15,18-19H,16-17H2,1-2H3,(H,34,38). The number of rotatable bonds is 9. The number of ether oxygens (including phenoxy) is 2. The molecule has 0 spiro atoms. The van der Waals surface area contributed by atoms with Crippen molar-refractivity contribution in [3.63, 3.8) is 0 Å². The molecule has 0 aliphatic carbocycles. The Morgan fingerprint density at radius 1 is 0.925 bits per heavy atom. The zero-order chi connectivity index (χ0) is 28.1. The van der Waals surface area contributed by atoms with Gasteiger partial charge in [-0.15, -0.1) is 5.10 Å². The summed E-state index contributed by atoms with van der Waals surface area (Å²) < 4.78 is 12.8. The normalized spacial score (nSPS) is 10.8. The molecule has 0 atom stereocenters. The minimum atomic E-state index is -0.206. The van der Waals surface area contributed by atoms with Crippen LogP contribution in [0, 0.1) is 6.92 Å². The lowest BCUT2D eigenvalue weighted by atomic mass is 10.1. The van der Waals surface area contributed by atoms with Gasteiger partial charge in [0.25, 0.3) is 5.91 Å². The zero-order valence-corrected chi connectivity index (χ0v) is 23.4. The molecule has 0 bridgehead atoms. The molecule has 0 radical (unpaired) electrons. The Labute approximate surface area is 242 Å². The molecule has 0 fully saturated rings. The number of nitrogens with zero attached hydrogens (tertiary/aromatic N) is 3. The smallest absolute Gasteiger partial charge is 0.336 e. The van der Waals surface area contributed by atoms with Crippen LogP contribution in [-0.2, 0) is 6.42 Å². The minimum Gasteiger partial charge on any atom is -0.497 e. The fourth-order valence-electron chi connectivity index (χ4n) is 4.03. The van der Waals surface area contributed by atoms with E-state index in [1.165, 1.54) is 0 Å². The van der Waals surface area contributed by atoms with E-state index in [2.05, 4.69) is 15.4 Å². The molecule has 0 saturated carbocycles. The van der Waals surface area contributed by atoms with Gasteiger partial charge in [-0.1, -0.05) is 59.1 Å². The summed E-state index contributed by atoms with van der Waals surface area (Å²) >= 11 is 12.5. The number of hydrogen-bond donors (Lipinski definition) is 1. The van der Waals surface area contributed by atoms with E-state index in [0.717, 1.165) is 16.9 Å². The first-order valence-corrected chi connectivity index (χ1v) is 13.3. The number of anilines is 1. The third-order valence-electron chi connectivity index (χ3n) is 6.21. The molecule has 5 rings (SSSR count). The molecule has 1 N–H and O–H groups in total. The predicted octanol–water partition coefficient (Wildman–Crippen LogP) is 7.43. The van der Waals surface area contributed by atoms with Gasteiger partial charge >= 0.3 is 6.01 Å². The second kappa shape index (κ2) is 12.2. The quantitative estimate of drug-likeness (QED) is 0.198. The van der Waals surface area contributed by atoms with Crippen LogP contribution in [0.15, 0.2) is 91.0 Å². The number of carbonyl (C=O) groups excluding carboxylic acids is 1. The molecule has 202 valence electrons. The van der Waals surface area contributed by atoms with Gasteiger partial charge in [0.15, 0.2) is 5.82 Å². The van der Waals surface area contributed by atoms with E-state index in [9.17, 15) is 4.79 Å². The van der Waals surface area contributed by atoms with Crippen molar-refractivity contribution in [2.75, 3.05) is 19.0 Å². The molecule has 9 heteroatoms. The fraction of sp³-hybridized carbons (Fsp3) is 0.129. The highest BCUT2D eigenvalue weighted by molar-refractivity contribution is 6.42. The molecular formula is C31H26Cl2N4O3. The molecule has 4 aromatic carbocycles. The van der Waals surface area contributed by atoms with Gasteiger partial charge in [-0.25, -0.2) is 4.68 Å². The molecule has 5 aromatic rings. The van der Waals surface area contributed by atoms with E-state index < -0.39 is 0 Å². The molecule has 7 nitrogen and oxygen atoms in total. The van der Waals surface area contributed by atoms with Crippen LogP contribution in [-0.4, -0.2) is 34.4 Å². The lowest BCUT2D eigenvalue weighted by Crippen LogP contribution is -2.12. The Hall–Kier alpha value is -4.33. The van der Waals surface area contributed by atoms with Crippen LogP contribution in [0.25, 0.3) is 17.1 Å². The first-order valence-electron chi connectivity index (χ1n) is 12.6. The summed E-state index contributed by atoms with van der Waals surface area (Å²) in [5.74, 6) is 1.11. The van der Waals surface area contributed by atoms with E-state index in [0.29, 0.717) is 51.4 Å². The van der Waals surface area contributed by atoms with Crippen molar-refractivity contribution in [1.82, 2.24) is 14.8 Å². The number of hydrogen-bond acceptors (Lipinski definition) is 5. The number of methoxy groups -OCH3 is 1. The highest BCUT2D eigenvalue weighted by atomic mass is 35.5. The molecule has 0 unspecified atom stereocenters. The van der Waals surface area contributed by atoms with Crippen molar-refractivity contribution in [1.29, 1.82) is 0 Å². The van der Waals surface area contributed by atoms with Gasteiger partial charge in [0.05, 0.1) is 29.4 Å². The Morgan fingerprint density at radius 3 is 2.42 bits per heavy atom. The SMILES string of the molecule is COc1ccc(CCOc2nc(-c3ccc(Cl)c(Cl)c3)n(-c3cccc(NC(=O)c4ccc(C)cc4)c3)n2)cc1. The van der Waals surface area contributed by atoms with E-state index >= 15 is 0 Å². The number of aryl methyl sites for hydroxylation is 1. The van der Waals surface area contributed by atoms with E-state index in [4.69, 9.17) is 32.7 Å². The van der Waals surface area contributed by atoms with Gasteiger partial charge < -0.3 is 14.8 Å². The maximum Gasteiger partial charge on any atom is 0.336 e. The number of aromatic nitrogens is 3. The summed E-state index contributed by atoms with van der Waals surface area (Å²) in [5.41, 5.74) is 4.76. The predicted molar refractivity (Wildman–Crippen MR) is 158 cm³/mol. The van der Waals surface area contributed by atoms with Crippen molar-refractivity contribution in [3.8, 4) is 28.8 Å². The van der Waals surface area contributed by atoms with Crippen LogP contribution < -0.4 is 14.8 Å². The fourth-order valence-corrected chi connectivity index (χ4v) is 4.33. The zero-order valence-electron chi connectivity index (χ0n) is 21.9.